The molecule has 0 radical (unpaired) electrons. The predicted molar refractivity (Wildman–Crippen MR) is 111 cm³/mol. The first-order chi connectivity index (χ1) is 13.3. The predicted octanol–water partition coefficient (Wildman–Crippen LogP) is 3.51. The van der Waals surface area contributed by atoms with Gasteiger partial charge in [-0.15, -0.1) is 0 Å². The van der Waals surface area contributed by atoms with E-state index in [-0.39, 0.29) is 10.8 Å². The molecule has 0 aromatic heterocycles. The van der Waals surface area contributed by atoms with Crippen LogP contribution in [0.15, 0.2) is 51.8 Å². The second kappa shape index (κ2) is 8.63. The lowest BCUT2D eigenvalue weighted by molar-refractivity contribution is 0.0784. The van der Waals surface area contributed by atoms with Gasteiger partial charge in [-0.05, 0) is 49.2 Å². The summed E-state index contributed by atoms with van der Waals surface area (Å²) in [7, 11) is -0.290. The van der Waals surface area contributed by atoms with Gasteiger partial charge >= 0.3 is 0 Å². The van der Waals surface area contributed by atoms with Crippen LogP contribution in [0.25, 0.3) is 0 Å². The van der Waals surface area contributed by atoms with Crippen molar-refractivity contribution in [3.05, 3.63) is 58.1 Å². The third kappa shape index (κ3) is 4.39. The highest BCUT2D eigenvalue weighted by atomic mass is 79.9. The van der Waals surface area contributed by atoms with E-state index < -0.39 is 10.0 Å². The Balaban J connectivity index is 1.82. The van der Waals surface area contributed by atoms with E-state index in [0.717, 1.165) is 22.9 Å². The Morgan fingerprint density at radius 2 is 1.89 bits per heavy atom. The van der Waals surface area contributed by atoms with Crippen LogP contribution in [-0.4, -0.2) is 50.8 Å². The molecule has 1 saturated heterocycles. The van der Waals surface area contributed by atoms with Gasteiger partial charge in [-0.3, -0.25) is 4.79 Å². The highest BCUT2D eigenvalue weighted by Crippen LogP contribution is 2.25. The summed E-state index contributed by atoms with van der Waals surface area (Å²) in [5, 5.41) is 0. The van der Waals surface area contributed by atoms with Gasteiger partial charge in [0.2, 0.25) is 10.0 Å². The third-order valence-corrected chi connectivity index (χ3v) is 7.17. The van der Waals surface area contributed by atoms with E-state index in [1.165, 1.54) is 10.4 Å². The molecule has 0 aliphatic carbocycles. The third-order valence-electron chi connectivity index (χ3n) is 4.78. The largest absolute Gasteiger partial charge is 0.496 e. The zero-order valence-electron chi connectivity index (χ0n) is 15.9. The standard InChI is InChI=1S/C20H23BrN2O4S/c1-22(14-16-12-17(21)8-9-19(16)27-2)20(24)15-6-5-7-18(13-15)28(25,26)23-10-3-4-11-23/h5-9,12-13H,3-4,10-11,14H2,1-2H3. The van der Waals surface area contributed by atoms with Gasteiger partial charge < -0.3 is 9.64 Å². The van der Waals surface area contributed by atoms with Crippen molar-refractivity contribution in [2.75, 3.05) is 27.2 Å². The number of nitrogens with zero attached hydrogens (tertiary/aromatic N) is 2. The van der Waals surface area contributed by atoms with Crippen molar-refractivity contribution >= 4 is 31.9 Å². The van der Waals surface area contributed by atoms with Gasteiger partial charge in [-0.2, -0.15) is 4.31 Å². The fraction of sp³-hybridized carbons (Fsp3) is 0.350. The minimum Gasteiger partial charge on any atom is -0.496 e. The van der Waals surface area contributed by atoms with Gasteiger partial charge in [0.1, 0.15) is 5.75 Å². The van der Waals surface area contributed by atoms with E-state index in [1.54, 1.807) is 37.3 Å². The van der Waals surface area contributed by atoms with Gasteiger partial charge in [0.05, 0.1) is 12.0 Å². The molecule has 2 aromatic rings. The molecule has 8 heteroatoms. The molecule has 0 unspecified atom stereocenters. The summed E-state index contributed by atoms with van der Waals surface area (Å²) in [5.41, 5.74) is 1.20. The molecule has 3 rings (SSSR count). The maximum Gasteiger partial charge on any atom is 0.253 e. The van der Waals surface area contributed by atoms with Crippen molar-refractivity contribution in [3.8, 4) is 5.75 Å². The van der Waals surface area contributed by atoms with Crippen molar-refractivity contribution in [1.82, 2.24) is 9.21 Å². The summed E-state index contributed by atoms with van der Waals surface area (Å²) in [5.74, 6) is 0.439. The summed E-state index contributed by atoms with van der Waals surface area (Å²) in [6.07, 6.45) is 1.74. The SMILES string of the molecule is COc1ccc(Br)cc1CN(C)C(=O)c1cccc(S(=O)(=O)N2CCCC2)c1. The molecule has 1 fully saturated rings. The van der Waals surface area contributed by atoms with Crippen LogP contribution in [0, 0.1) is 0 Å². The Morgan fingerprint density at radius 1 is 1.18 bits per heavy atom. The van der Waals surface area contributed by atoms with Crippen LogP contribution >= 0.6 is 15.9 Å². The number of hydrogen-bond acceptors (Lipinski definition) is 4. The van der Waals surface area contributed by atoms with E-state index in [2.05, 4.69) is 15.9 Å². The van der Waals surface area contributed by atoms with Gasteiger partial charge in [0.25, 0.3) is 5.91 Å². The fourth-order valence-electron chi connectivity index (χ4n) is 3.29. The van der Waals surface area contributed by atoms with Crippen LogP contribution in [0.3, 0.4) is 0 Å². The number of hydrogen-bond donors (Lipinski definition) is 0. The Bertz CT molecular complexity index is 972. The highest BCUT2D eigenvalue weighted by molar-refractivity contribution is 9.10. The van der Waals surface area contributed by atoms with Crippen molar-refractivity contribution in [3.63, 3.8) is 0 Å². The molecule has 0 bridgehead atoms. The molecule has 1 aliphatic rings. The number of benzene rings is 2. The fourth-order valence-corrected chi connectivity index (χ4v) is 5.26. The quantitative estimate of drug-likeness (QED) is 0.652. The van der Waals surface area contributed by atoms with Crippen LogP contribution in [0.5, 0.6) is 5.75 Å². The summed E-state index contributed by atoms with van der Waals surface area (Å²) in [6, 6.07) is 11.9. The van der Waals surface area contributed by atoms with Gasteiger partial charge in [-0.25, -0.2) is 8.42 Å². The number of sulfonamides is 1. The zero-order chi connectivity index (χ0) is 20.3. The summed E-state index contributed by atoms with van der Waals surface area (Å²) in [4.78, 5) is 14.6. The lowest BCUT2D eigenvalue weighted by Crippen LogP contribution is -2.29. The van der Waals surface area contributed by atoms with Crippen LogP contribution in [0.1, 0.15) is 28.8 Å². The molecule has 1 aliphatic heterocycles. The van der Waals surface area contributed by atoms with E-state index in [9.17, 15) is 13.2 Å². The number of carbonyl (C=O) groups is 1. The Kier molecular flexibility index (Phi) is 6.42. The second-order valence-corrected chi connectivity index (χ2v) is 9.61. The van der Waals surface area contributed by atoms with Crippen LogP contribution < -0.4 is 4.74 Å². The van der Waals surface area contributed by atoms with Crippen molar-refractivity contribution < 1.29 is 17.9 Å². The summed E-state index contributed by atoms with van der Waals surface area (Å²) >= 11 is 3.43. The zero-order valence-corrected chi connectivity index (χ0v) is 18.3. The average Bonchev–Trinajstić information content (AvgIpc) is 3.23. The Hall–Kier alpha value is -1.90. The first-order valence-corrected chi connectivity index (χ1v) is 11.2. The van der Waals surface area contributed by atoms with E-state index in [0.29, 0.717) is 30.9 Å². The molecular formula is C20H23BrN2O4S. The van der Waals surface area contributed by atoms with Crippen molar-refractivity contribution in [2.45, 2.75) is 24.3 Å². The van der Waals surface area contributed by atoms with E-state index in [4.69, 9.17) is 4.74 Å². The van der Waals surface area contributed by atoms with Gasteiger partial charge in [-0.1, -0.05) is 22.0 Å². The molecule has 0 spiro atoms. The molecule has 0 atom stereocenters. The molecule has 28 heavy (non-hydrogen) atoms. The first-order valence-electron chi connectivity index (χ1n) is 9.01. The summed E-state index contributed by atoms with van der Waals surface area (Å²) < 4.78 is 33.3. The monoisotopic (exact) mass is 466 g/mol. The van der Waals surface area contributed by atoms with Crippen LogP contribution in [0.4, 0.5) is 0 Å². The van der Waals surface area contributed by atoms with Crippen LogP contribution in [0.2, 0.25) is 0 Å². The van der Waals surface area contributed by atoms with Crippen LogP contribution in [-0.2, 0) is 16.6 Å². The maximum atomic E-state index is 12.9. The Morgan fingerprint density at radius 3 is 2.57 bits per heavy atom. The molecule has 0 N–H and O–H groups in total. The molecule has 6 nitrogen and oxygen atoms in total. The van der Waals surface area contributed by atoms with E-state index in [1.807, 2.05) is 18.2 Å². The van der Waals surface area contributed by atoms with Gasteiger partial charge in [0.15, 0.2) is 0 Å². The average molecular weight is 467 g/mol. The number of halogens is 1. The lowest BCUT2D eigenvalue weighted by Gasteiger charge is -2.20. The highest BCUT2D eigenvalue weighted by Gasteiger charge is 2.28. The minimum atomic E-state index is -3.56. The Labute approximate surface area is 174 Å². The molecule has 0 saturated carbocycles. The normalized spacial score (nSPS) is 14.8. The smallest absolute Gasteiger partial charge is 0.253 e. The second-order valence-electron chi connectivity index (χ2n) is 6.76. The topological polar surface area (TPSA) is 66.9 Å². The first kappa shape index (κ1) is 20.8. The van der Waals surface area contributed by atoms with E-state index >= 15 is 0 Å². The number of carbonyl (C=O) groups excluding carboxylic acids is 1. The summed E-state index contributed by atoms with van der Waals surface area (Å²) in [6.45, 7) is 1.40. The number of methoxy groups -OCH3 is 1. The van der Waals surface area contributed by atoms with Crippen molar-refractivity contribution in [1.29, 1.82) is 0 Å². The minimum absolute atomic E-state index is 0.161. The molecular weight excluding hydrogens is 444 g/mol. The number of rotatable bonds is 6. The van der Waals surface area contributed by atoms with Crippen molar-refractivity contribution in [2.24, 2.45) is 0 Å². The molecule has 2 aromatic carbocycles. The molecule has 150 valence electrons. The maximum absolute atomic E-state index is 12.9. The molecule has 1 amide bonds. The molecule has 1 heterocycles. The number of ether oxygens (including phenoxy) is 1. The van der Waals surface area contributed by atoms with Gasteiger partial charge in [0, 0.05) is 42.3 Å². The number of amides is 1. The lowest BCUT2D eigenvalue weighted by atomic mass is 10.1.